The zero-order chi connectivity index (χ0) is 17.0. The number of fused-ring (bicyclic) bond motifs is 5. The number of rotatable bonds is 4. The fourth-order valence-corrected chi connectivity index (χ4v) is 6.57. The molecule has 2 saturated heterocycles. The first-order valence-corrected chi connectivity index (χ1v) is 10.5. The molecule has 3 aliphatic carbocycles. The molecule has 3 saturated carbocycles. The summed E-state index contributed by atoms with van der Waals surface area (Å²) in [7, 11) is 0. The van der Waals surface area contributed by atoms with Crippen LogP contribution in [0.25, 0.3) is 0 Å². The Kier molecular flexibility index (Phi) is 5.21. The highest BCUT2D eigenvalue weighted by molar-refractivity contribution is 5.85. The van der Waals surface area contributed by atoms with E-state index in [0.29, 0.717) is 17.7 Å². The van der Waals surface area contributed by atoms with Crippen LogP contribution in [0.1, 0.15) is 44.9 Å². The van der Waals surface area contributed by atoms with E-state index in [9.17, 15) is 9.59 Å². The predicted octanol–water partition coefficient (Wildman–Crippen LogP) is 1.81. The molecule has 0 spiro atoms. The molecule has 0 aromatic heterocycles. The maximum absolute atomic E-state index is 13.0. The van der Waals surface area contributed by atoms with Crippen LogP contribution in [0.2, 0.25) is 0 Å². The van der Waals surface area contributed by atoms with Crippen LogP contribution < -0.4 is 10.6 Å². The molecule has 5 fully saturated rings. The molecule has 2 aliphatic heterocycles. The molecule has 5 aliphatic rings. The average molecular weight is 382 g/mol. The van der Waals surface area contributed by atoms with Gasteiger partial charge < -0.3 is 15.5 Å². The number of carbonyl (C=O) groups is 2. The molecule has 5 rings (SSSR count). The van der Waals surface area contributed by atoms with Gasteiger partial charge in [0.1, 0.15) is 0 Å². The Hall–Kier alpha value is -0.810. The van der Waals surface area contributed by atoms with Gasteiger partial charge >= 0.3 is 0 Å². The van der Waals surface area contributed by atoms with E-state index in [1.54, 1.807) is 0 Å². The van der Waals surface area contributed by atoms with Gasteiger partial charge in [-0.1, -0.05) is 0 Å². The summed E-state index contributed by atoms with van der Waals surface area (Å²) in [5, 5.41) is 6.38. The summed E-state index contributed by atoms with van der Waals surface area (Å²) in [4.78, 5) is 27.3. The highest BCUT2D eigenvalue weighted by Crippen LogP contribution is 2.69. The minimum Gasteiger partial charge on any atom is -0.354 e. The van der Waals surface area contributed by atoms with Crippen molar-refractivity contribution in [1.82, 2.24) is 15.5 Å². The van der Waals surface area contributed by atoms with E-state index in [0.717, 1.165) is 75.5 Å². The van der Waals surface area contributed by atoms with Gasteiger partial charge in [-0.3, -0.25) is 9.59 Å². The van der Waals surface area contributed by atoms with E-state index in [1.165, 1.54) is 19.3 Å². The van der Waals surface area contributed by atoms with Crippen molar-refractivity contribution in [3.8, 4) is 0 Å². The van der Waals surface area contributed by atoms with Gasteiger partial charge in [-0.25, -0.2) is 0 Å². The van der Waals surface area contributed by atoms with E-state index < -0.39 is 0 Å². The number of halogens is 1. The molecule has 2 bridgehead atoms. The first-order chi connectivity index (χ1) is 12.2. The third-order valence-corrected chi connectivity index (χ3v) is 7.79. The third-order valence-electron chi connectivity index (χ3n) is 7.79. The van der Waals surface area contributed by atoms with Crippen LogP contribution in [0.5, 0.6) is 0 Å². The second-order valence-corrected chi connectivity index (χ2v) is 9.20. The van der Waals surface area contributed by atoms with Gasteiger partial charge in [-0.05, 0) is 81.1 Å². The average Bonchev–Trinajstić information content (AvgIpc) is 3.07. The van der Waals surface area contributed by atoms with Crippen LogP contribution >= 0.6 is 12.4 Å². The fraction of sp³-hybridized carbons (Fsp3) is 0.900. The number of hydrogen-bond donors (Lipinski definition) is 2. The van der Waals surface area contributed by atoms with Gasteiger partial charge in [0.05, 0.1) is 6.04 Å². The molecule has 2 N–H and O–H groups in total. The smallest absolute Gasteiger partial charge is 0.237 e. The van der Waals surface area contributed by atoms with Crippen molar-refractivity contribution in [1.29, 1.82) is 0 Å². The lowest BCUT2D eigenvalue weighted by Gasteiger charge is -2.33. The number of hydrogen-bond acceptors (Lipinski definition) is 3. The van der Waals surface area contributed by atoms with Crippen molar-refractivity contribution < 1.29 is 9.59 Å². The molecule has 0 radical (unpaired) electrons. The van der Waals surface area contributed by atoms with Gasteiger partial charge in [-0.15, -0.1) is 12.4 Å². The van der Waals surface area contributed by atoms with Crippen molar-refractivity contribution in [2.45, 2.75) is 51.0 Å². The molecular formula is C20H32ClN3O2. The molecule has 146 valence electrons. The first kappa shape index (κ1) is 18.5. The molecule has 6 heteroatoms. The van der Waals surface area contributed by atoms with Gasteiger partial charge in [0.15, 0.2) is 0 Å². The number of carbonyl (C=O) groups excluding carboxylic acids is 2. The number of amides is 2. The monoisotopic (exact) mass is 381 g/mol. The first-order valence-electron chi connectivity index (χ1n) is 10.5. The highest BCUT2D eigenvalue weighted by atomic mass is 35.5. The zero-order valence-corrected chi connectivity index (χ0v) is 16.3. The Morgan fingerprint density at radius 1 is 1.04 bits per heavy atom. The van der Waals surface area contributed by atoms with E-state index in [1.807, 2.05) is 0 Å². The van der Waals surface area contributed by atoms with Crippen molar-refractivity contribution >= 4 is 24.2 Å². The van der Waals surface area contributed by atoms with E-state index >= 15 is 0 Å². The predicted molar refractivity (Wildman–Crippen MR) is 102 cm³/mol. The quantitative estimate of drug-likeness (QED) is 0.780. The maximum atomic E-state index is 13.0. The van der Waals surface area contributed by atoms with E-state index in [4.69, 9.17) is 0 Å². The lowest BCUT2D eigenvalue weighted by Crippen LogP contribution is -2.47. The third kappa shape index (κ3) is 3.15. The van der Waals surface area contributed by atoms with Crippen molar-refractivity contribution in [3.63, 3.8) is 0 Å². The topological polar surface area (TPSA) is 61.4 Å². The minimum absolute atomic E-state index is 0. The molecule has 5 nitrogen and oxygen atoms in total. The lowest BCUT2D eigenvalue weighted by molar-refractivity contribution is -0.135. The molecule has 6 unspecified atom stereocenters. The Labute approximate surface area is 162 Å². The Morgan fingerprint density at radius 2 is 1.81 bits per heavy atom. The summed E-state index contributed by atoms with van der Waals surface area (Å²) in [6, 6.07) is 0.00244. The lowest BCUT2D eigenvalue weighted by atomic mass is 9.96. The zero-order valence-electron chi connectivity index (χ0n) is 15.5. The van der Waals surface area contributed by atoms with Crippen LogP contribution in [-0.4, -0.2) is 48.9 Å². The molecule has 0 aromatic rings. The van der Waals surface area contributed by atoms with Crippen molar-refractivity contribution in [2.75, 3.05) is 26.2 Å². The van der Waals surface area contributed by atoms with Crippen LogP contribution in [0.4, 0.5) is 0 Å². The maximum Gasteiger partial charge on any atom is 0.237 e. The molecule has 26 heavy (non-hydrogen) atoms. The number of nitrogens with one attached hydrogen (secondary N) is 2. The summed E-state index contributed by atoms with van der Waals surface area (Å²) >= 11 is 0. The van der Waals surface area contributed by atoms with Gasteiger partial charge in [0.2, 0.25) is 11.8 Å². The normalized spacial score (nSPS) is 42.9. The Balaban J connectivity index is 0.00000168. The standard InChI is InChI=1S/C20H31N3O2.ClH/c24-19(15-4-1-7-21-15)22-10-12-3-2-8-23(11-12)20(25)18-16-13-5-6-14(9-13)17(16)18;/h12-18,21H,1-11H2,(H,22,24);1H. The summed E-state index contributed by atoms with van der Waals surface area (Å²) in [5.74, 6) is 4.58. The van der Waals surface area contributed by atoms with Gasteiger partial charge in [-0.2, -0.15) is 0 Å². The van der Waals surface area contributed by atoms with Crippen molar-refractivity contribution in [3.05, 3.63) is 0 Å². The number of nitrogens with zero attached hydrogens (tertiary/aromatic N) is 1. The van der Waals surface area contributed by atoms with Crippen LogP contribution in [0.3, 0.4) is 0 Å². The molecule has 2 heterocycles. The van der Waals surface area contributed by atoms with Crippen molar-refractivity contribution in [2.24, 2.45) is 35.5 Å². The second-order valence-electron chi connectivity index (χ2n) is 9.20. The van der Waals surface area contributed by atoms with E-state index in [2.05, 4.69) is 15.5 Å². The summed E-state index contributed by atoms with van der Waals surface area (Å²) in [5.41, 5.74) is 0. The van der Waals surface area contributed by atoms with Gasteiger partial charge in [0, 0.05) is 25.6 Å². The number of likely N-dealkylation sites (tertiary alicyclic amines) is 1. The number of piperidine rings is 1. The fourth-order valence-electron chi connectivity index (χ4n) is 6.57. The van der Waals surface area contributed by atoms with Gasteiger partial charge in [0.25, 0.3) is 0 Å². The largest absolute Gasteiger partial charge is 0.354 e. The SMILES string of the molecule is Cl.O=C(NCC1CCCN(C(=O)C2C3C4CCC(C4)C23)C1)C1CCCN1. The van der Waals surface area contributed by atoms with Crippen LogP contribution in [-0.2, 0) is 9.59 Å². The molecule has 6 atom stereocenters. The Morgan fingerprint density at radius 3 is 2.50 bits per heavy atom. The summed E-state index contributed by atoms with van der Waals surface area (Å²) in [6.07, 6.45) is 8.42. The van der Waals surface area contributed by atoms with E-state index in [-0.39, 0.29) is 24.4 Å². The second kappa shape index (κ2) is 7.31. The molecular weight excluding hydrogens is 350 g/mol. The molecule has 0 aromatic carbocycles. The Bertz CT molecular complexity index is 549. The minimum atomic E-state index is 0. The summed E-state index contributed by atoms with van der Waals surface area (Å²) < 4.78 is 0. The van der Waals surface area contributed by atoms with Crippen LogP contribution in [0, 0.1) is 35.5 Å². The summed E-state index contributed by atoms with van der Waals surface area (Å²) in [6.45, 7) is 3.46. The van der Waals surface area contributed by atoms with Crippen LogP contribution in [0.15, 0.2) is 0 Å². The highest BCUT2D eigenvalue weighted by Gasteiger charge is 2.68. The molecule has 2 amide bonds.